The molecule has 0 bridgehead atoms. The fourth-order valence-electron chi connectivity index (χ4n) is 1.40. The minimum atomic E-state index is -0.0937. The van der Waals surface area contributed by atoms with Crippen molar-refractivity contribution in [2.24, 2.45) is 0 Å². The number of nitrogens with two attached hydrogens (primary N) is 1. The number of benzene rings is 1. The predicted octanol–water partition coefficient (Wildman–Crippen LogP) is 3.22. The summed E-state index contributed by atoms with van der Waals surface area (Å²) in [6.45, 7) is 6.17. The average Bonchev–Trinajstić information content (AvgIpc) is 2.80. The molecule has 1 aromatic carbocycles. The van der Waals surface area contributed by atoms with Gasteiger partial charge in [0.05, 0.1) is 12.8 Å². The maximum atomic E-state index is 5.89. The van der Waals surface area contributed by atoms with Crippen LogP contribution in [0, 0.1) is 0 Å². The predicted molar refractivity (Wildman–Crippen MR) is 76.1 cm³/mol. The summed E-state index contributed by atoms with van der Waals surface area (Å²) in [5, 5.41) is 0.488. The monoisotopic (exact) mass is 279 g/mol. The first-order valence-corrected chi connectivity index (χ1v) is 6.63. The van der Waals surface area contributed by atoms with Crippen LogP contribution in [0.4, 0.5) is 5.69 Å². The maximum absolute atomic E-state index is 5.89. The van der Waals surface area contributed by atoms with Gasteiger partial charge in [-0.3, -0.25) is 0 Å². The van der Waals surface area contributed by atoms with Gasteiger partial charge >= 0.3 is 0 Å². The van der Waals surface area contributed by atoms with E-state index < -0.39 is 0 Å². The molecule has 0 aliphatic carbocycles. The van der Waals surface area contributed by atoms with E-state index in [0.717, 1.165) is 5.82 Å². The lowest BCUT2D eigenvalue weighted by Crippen LogP contribution is -2.12. The lowest BCUT2D eigenvalue weighted by molar-refractivity contribution is 0.413. The summed E-state index contributed by atoms with van der Waals surface area (Å²) in [5.74, 6) is 2.01. The molecule has 1 heterocycles. The Balaban J connectivity index is 2.20. The molecular formula is C13H17N3O2S. The molecule has 0 atom stereocenters. The van der Waals surface area contributed by atoms with Crippen LogP contribution in [0.2, 0.25) is 0 Å². The van der Waals surface area contributed by atoms with Crippen molar-refractivity contribution in [3.05, 3.63) is 24.0 Å². The van der Waals surface area contributed by atoms with Gasteiger partial charge in [-0.05, 0) is 12.1 Å². The lowest BCUT2D eigenvalue weighted by Gasteiger charge is -2.12. The number of hydrogen-bond acceptors (Lipinski definition) is 6. The fourth-order valence-corrected chi connectivity index (χ4v) is 2.13. The van der Waals surface area contributed by atoms with Crippen LogP contribution >= 0.6 is 11.5 Å². The summed E-state index contributed by atoms with van der Waals surface area (Å²) in [6.07, 6.45) is 0. The van der Waals surface area contributed by atoms with Crippen LogP contribution in [-0.2, 0) is 5.41 Å². The third-order valence-electron chi connectivity index (χ3n) is 2.49. The lowest BCUT2D eigenvalue weighted by atomic mass is 9.96. The molecule has 2 N–H and O–H groups in total. The number of nitrogen functional groups attached to an aromatic ring is 1. The zero-order valence-electron chi connectivity index (χ0n) is 11.4. The van der Waals surface area contributed by atoms with Crippen LogP contribution in [0.25, 0.3) is 0 Å². The summed E-state index contributed by atoms with van der Waals surface area (Å²) in [4.78, 5) is 4.36. The Morgan fingerprint density at radius 3 is 2.53 bits per heavy atom. The fraction of sp³-hybridized carbons (Fsp3) is 0.385. The summed E-state index contributed by atoms with van der Waals surface area (Å²) in [5.41, 5.74) is 6.30. The minimum Gasteiger partial charge on any atom is -0.497 e. The van der Waals surface area contributed by atoms with Gasteiger partial charge in [-0.2, -0.15) is 9.36 Å². The highest BCUT2D eigenvalue weighted by Gasteiger charge is 2.20. The smallest absolute Gasteiger partial charge is 0.298 e. The van der Waals surface area contributed by atoms with Gasteiger partial charge in [-0.25, -0.2) is 0 Å². The largest absolute Gasteiger partial charge is 0.497 e. The first kappa shape index (κ1) is 13.6. The third kappa shape index (κ3) is 3.14. The molecule has 5 nitrogen and oxygen atoms in total. The molecule has 0 saturated carbocycles. The summed E-state index contributed by atoms with van der Waals surface area (Å²) >= 11 is 1.22. The Labute approximate surface area is 116 Å². The van der Waals surface area contributed by atoms with Gasteiger partial charge in [-0.15, -0.1) is 0 Å². The number of methoxy groups -OCH3 is 1. The normalized spacial score (nSPS) is 11.4. The maximum Gasteiger partial charge on any atom is 0.298 e. The van der Waals surface area contributed by atoms with Crippen molar-refractivity contribution < 1.29 is 9.47 Å². The molecule has 6 heteroatoms. The summed E-state index contributed by atoms with van der Waals surface area (Å²) < 4.78 is 15.0. The van der Waals surface area contributed by atoms with Gasteiger partial charge in [-0.1, -0.05) is 20.8 Å². The zero-order valence-corrected chi connectivity index (χ0v) is 12.2. The second kappa shape index (κ2) is 5.05. The van der Waals surface area contributed by atoms with Gasteiger partial charge in [0.1, 0.15) is 5.75 Å². The number of nitrogens with zero attached hydrogens (tertiary/aromatic N) is 2. The molecule has 0 spiro atoms. The van der Waals surface area contributed by atoms with Crippen LogP contribution in [0.3, 0.4) is 0 Å². The van der Waals surface area contributed by atoms with E-state index >= 15 is 0 Å². The van der Waals surface area contributed by atoms with Crippen molar-refractivity contribution >= 4 is 17.2 Å². The standard InChI is InChI=1S/C13H17N3O2S/c1-13(2,3)11-15-12(19-16-11)18-10-6-5-8(17-4)7-9(10)14/h5-7H,14H2,1-4H3. The average molecular weight is 279 g/mol. The van der Waals surface area contributed by atoms with Crippen molar-refractivity contribution in [3.63, 3.8) is 0 Å². The number of anilines is 1. The molecule has 19 heavy (non-hydrogen) atoms. The Morgan fingerprint density at radius 1 is 1.26 bits per heavy atom. The highest BCUT2D eigenvalue weighted by Crippen LogP contribution is 2.32. The Morgan fingerprint density at radius 2 is 2.00 bits per heavy atom. The van der Waals surface area contributed by atoms with E-state index in [-0.39, 0.29) is 5.41 Å². The van der Waals surface area contributed by atoms with Crippen LogP contribution < -0.4 is 15.2 Å². The van der Waals surface area contributed by atoms with Gasteiger partial charge in [0.25, 0.3) is 5.19 Å². The Hall–Kier alpha value is -1.82. The van der Waals surface area contributed by atoms with Crippen molar-refractivity contribution in [2.45, 2.75) is 26.2 Å². The Bertz CT molecular complexity index is 576. The van der Waals surface area contributed by atoms with E-state index in [1.54, 1.807) is 25.3 Å². The Kier molecular flexibility index (Phi) is 3.61. The minimum absolute atomic E-state index is 0.0937. The molecule has 2 rings (SSSR count). The highest BCUT2D eigenvalue weighted by molar-refractivity contribution is 7.07. The van der Waals surface area contributed by atoms with E-state index in [2.05, 4.69) is 30.1 Å². The van der Waals surface area contributed by atoms with E-state index in [0.29, 0.717) is 22.4 Å². The van der Waals surface area contributed by atoms with Gasteiger partial charge in [0.2, 0.25) is 0 Å². The topological polar surface area (TPSA) is 70.3 Å². The number of ether oxygens (including phenoxy) is 2. The van der Waals surface area contributed by atoms with Gasteiger partial charge in [0, 0.05) is 23.0 Å². The molecule has 0 unspecified atom stereocenters. The van der Waals surface area contributed by atoms with Gasteiger partial charge in [0.15, 0.2) is 11.6 Å². The van der Waals surface area contributed by atoms with Crippen molar-refractivity contribution in [2.75, 3.05) is 12.8 Å². The van der Waals surface area contributed by atoms with Crippen LogP contribution in [0.1, 0.15) is 26.6 Å². The molecule has 0 saturated heterocycles. The number of hydrogen-bond donors (Lipinski definition) is 1. The van der Waals surface area contributed by atoms with Crippen LogP contribution in [-0.4, -0.2) is 16.5 Å². The van der Waals surface area contributed by atoms with E-state index in [4.69, 9.17) is 15.2 Å². The van der Waals surface area contributed by atoms with Crippen LogP contribution in [0.5, 0.6) is 16.7 Å². The second-order valence-electron chi connectivity index (χ2n) is 5.14. The van der Waals surface area contributed by atoms with Crippen molar-refractivity contribution in [1.82, 2.24) is 9.36 Å². The molecule has 2 aromatic rings. The van der Waals surface area contributed by atoms with Gasteiger partial charge < -0.3 is 15.2 Å². The quantitative estimate of drug-likeness (QED) is 0.873. The highest BCUT2D eigenvalue weighted by atomic mass is 32.1. The van der Waals surface area contributed by atoms with Crippen molar-refractivity contribution in [1.29, 1.82) is 0 Å². The summed E-state index contributed by atoms with van der Waals surface area (Å²) in [6, 6.07) is 5.25. The first-order chi connectivity index (χ1) is 8.90. The third-order valence-corrected chi connectivity index (χ3v) is 3.09. The molecular weight excluding hydrogens is 262 g/mol. The first-order valence-electron chi connectivity index (χ1n) is 5.85. The molecule has 0 radical (unpaired) electrons. The molecule has 0 aliphatic rings. The van der Waals surface area contributed by atoms with E-state index in [1.165, 1.54) is 11.5 Å². The van der Waals surface area contributed by atoms with Crippen molar-refractivity contribution in [3.8, 4) is 16.7 Å². The second-order valence-corrected chi connectivity index (χ2v) is 5.85. The number of rotatable bonds is 3. The molecule has 0 fully saturated rings. The molecule has 0 aliphatic heterocycles. The number of aromatic nitrogens is 2. The summed E-state index contributed by atoms with van der Waals surface area (Å²) in [7, 11) is 1.59. The zero-order chi connectivity index (χ0) is 14.0. The van der Waals surface area contributed by atoms with E-state index in [1.807, 2.05) is 0 Å². The van der Waals surface area contributed by atoms with E-state index in [9.17, 15) is 0 Å². The molecule has 102 valence electrons. The van der Waals surface area contributed by atoms with Crippen LogP contribution in [0.15, 0.2) is 18.2 Å². The molecule has 0 amide bonds. The SMILES string of the molecule is COc1ccc(Oc2nc(C(C)(C)C)ns2)c(N)c1. The molecule has 1 aromatic heterocycles.